The molecule has 2 aliphatic heterocycles. The van der Waals surface area contributed by atoms with Crippen molar-refractivity contribution in [1.29, 1.82) is 0 Å². The number of amides is 1. The van der Waals surface area contributed by atoms with Crippen molar-refractivity contribution in [2.75, 3.05) is 25.4 Å². The quantitative estimate of drug-likeness (QED) is 0.592. The molecule has 0 radical (unpaired) electrons. The second kappa shape index (κ2) is 7.59. The van der Waals surface area contributed by atoms with Gasteiger partial charge in [-0.3, -0.25) is 19.0 Å². The van der Waals surface area contributed by atoms with Crippen molar-refractivity contribution < 1.29 is 14.3 Å². The van der Waals surface area contributed by atoms with Gasteiger partial charge >= 0.3 is 5.97 Å². The molecule has 0 N–H and O–H groups in total. The summed E-state index contributed by atoms with van der Waals surface area (Å²) >= 11 is 1.51. The minimum Gasteiger partial charge on any atom is -0.466 e. The second-order valence-corrected chi connectivity index (χ2v) is 7.48. The van der Waals surface area contributed by atoms with Crippen LogP contribution < -0.4 is 5.56 Å². The Morgan fingerprint density at radius 2 is 2.24 bits per heavy atom. The van der Waals surface area contributed by atoms with Crippen LogP contribution in [0, 0.1) is 12.8 Å². The first-order valence-corrected chi connectivity index (χ1v) is 9.65. The van der Waals surface area contributed by atoms with E-state index in [0.717, 1.165) is 12.8 Å². The van der Waals surface area contributed by atoms with Gasteiger partial charge in [0, 0.05) is 37.0 Å². The average Bonchev–Trinajstić information content (AvgIpc) is 2.98. The lowest BCUT2D eigenvalue weighted by molar-refractivity contribution is -0.151. The molecule has 3 heterocycles. The Morgan fingerprint density at radius 1 is 1.44 bits per heavy atom. The summed E-state index contributed by atoms with van der Waals surface area (Å²) in [6.45, 7) is 5.00. The smallest absolute Gasteiger partial charge is 0.310 e. The number of fused-ring (bicyclic) bond motifs is 1. The minimum absolute atomic E-state index is 0.0140. The number of nitrogens with zero attached hydrogens (tertiary/aromatic N) is 3. The maximum Gasteiger partial charge on any atom is 0.310 e. The molecule has 2 aliphatic rings. The molecule has 136 valence electrons. The van der Waals surface area contributed by atoms with Gasteiger partial charge in [-0.1, -0.05) is 11.8 Å². The number of likely N-dealkylation sites (tertiary alicyclic amines) is 1. The largest absolute Gasteiger partial charge is 0.466 e. The van der Waals surface area contributed by atoms with Crippen LogP contribution in [0.15, 0.2) is 16.0 Å². The number of hydrogen-bond donors (Lipinski definition) is 0. The highest BCUT2D eigenvalue weighted by Crippen LogP contribution is 2.32. The molecule has 0 saturated carbocycles. The van der Waals surface area contributed by atoms with Crippen molar-refractivity contribution >= 4 is 23.6 Å². The van der Waals surface area contributed by atoms with E-state index in [1.54, 1.807) is 23.3 Å². The van der Waals surface area contributed by atoms with E-state index in [0.29, 0.717) is 36.3 Å². The Bertz CT molecular complexity index is 733. The number of esters is 1. The van der Waals surface area contributed by atoms with Crippen LogP contribution in [-0.2, 0) is 14.3 Å². The van der Waals surface area contributed by atoms with Gasteiger partial charge in [0.25, 0.3) is 5.56 Å². The third kappa shape index (κ3) is 3.89. The lowest BCUT2D eigenvalue weighted by Crippen LogP contribution is -2.43. The normalized spacial score (nSPS) is 22.6. The van der Waals surface area contributed by atoms with Gasteiger partial charge in [-0.05, 0) is 26.7 Å². The zero-order chi connectivity index (χ0) is 18.0. The molecule has 0 aliphatic carbocycles. The third-order valence-electron chi connectivity index (χ3n) is 4.62. The summed E-state index contributed by atoms with van der Waals surface area (Å²) in [6, 6.07) is 1.33. The summed E-state index contributed by atoms with van der Waals surface area (Å²) in [4.78, 5) is 43.0. The van der Waals surface area contributed by atoms with Crippen LogP contribution in [0.2, 0.25) is 0 Å². The number of hydrogen-bond acceptors (Lipinski definition) is 6. The number of carbonyl (C=O) groups is 2. The number of rotatable bonds is 4. The van der Waals surface area contributed by atoms with E-state index in [1.807, 2.05) is 0 Å². The van der Waals surface area contributed by atoms with Crippen LogP contribution in [0.4, 0.5) is 0 Å². The topological polar surface area (TPSA) is 81.5 Å². The van der Waals surface area contributed by atoms with Gasteiger partial charge in [-0.15, -0.1) is 0 Å². The van der Waals surface area contributed by atoms with Gasteiger partial charge in [0.15, 0.2) is 5.16 Å². The molecular formula is C17H23N3O4S. The lowest BCUT2D eigenvalue weighted by Gasteiger charge is -2.32. The molecule has 1 aromatic rings. The molecule has 0 aromatic carbocycles. The van der Waals surface area contributed by atoms with Crippen LogP contribution in [0.5, 0.6) is 0 Å². The summed E-state index contributed by atoms with van der Waals surface area (Å²) < 4.78 is 6.71. The maximum absolute atomic E-state index is 12.7. The predicted molar refractivity (Wildman–Crippen MR) is 93.5 cm³/mol. The first-order chi connectivity index (χ1) is 12.0. The van der Waals surface area contributed by atoms with Crippen molar-refractivity contribution in [3.05, 3.63) is 22.1 Å². The molecule has 8 heteroatoms. The summed E-state index contributed by atoms with van der Waals surface area (Å²) in [7, 11) is 0. The van der Waals surface area contributed by atoms with Crippen LogP contribution in [0.25, 0.3) is 0 Å². The Balaban J connectivity index is 1.66. The highest BCUT2D eigenvalue weighted by Gasteiger charge is 2.33. The van der Waals surface area contributed by atoms with E-state index in [-0.39, 0.29) is 35.8 Å². The monoisotopic (exact) mass is 365 g/mol. The highest BCUT2D eigenvalue weighted by molar-refractivity contribution is 7.99. The van der Waals surface area contributed by atoms with Crippen molar-refractivity contribution in [2.24, 2.45) is 5.92 Å². The summed E-state index contributed by atoms with van der Waals surface area (Å²) in [5.41, 5.74) is 0.595. The zero-order valence-corrected chi connectivity index (χ0v) is 15.4. The van der Waals surface area contributed by atoms with Crippen LogP contribution in [-0.4, -0.2) is 51.8 Å². The van der Waals surface area contributed by atoms with Crippen LogP contribution >= 0.6 is 11.8 Å². The fourth-order valence-corrected chi connectivity index (χ4v) is 4.59. The number of carbonyl (C=O) groups excluding carboxylic acids is 2. The first kappa shape index (κ1) is 18.0. The van der Waals surface area contributed by atoms with Gasteiger partial charge in [0.1, 0.15) is 0 Å². The first-order valence-electron chi connectivity index (χ1n) is 8.67. The number of piperidine rings is 1. The molecule has 25 heavy (non-hydrogen) atoms. The van der Waals surface area contributed by atoms with E-state index in [4.69, 9.17) is 4.74 Å². The van der Waals surface area contributed by atoms with Gasteiger partial charge in [-0.25, -0.2) is 4.98 Å². The molecule has 0 bridgehead atoms. The fraction of sp³-hybridized carbons (Fsp3) is 0.647. The molecule has 0 spiro atoms. The molecule has 1 fully saturated rings. The minimum atomic E-state index is -0.241. The molecule has 1 saturated heterocycles. The Kier molecular flexibility index (Phi) is 5.46. The molecular weight excluding hydrogens is 342 g/mol. The number of aromatic nitrogens is 2. The van der Waals surface area contributed by atoms with Gasteiger partial charge < -0.3 is 9.64 Å². The standard InChI is InChI=1S/C17H23N3O4S/c1-3-24-16(23)12-5-4-6-19(9-12)14(21)8-13-10-25-17-18-11(2)7-15(22)20(13)17/h7,12-13H,3-6,8-10H2,1-2H3. The number of aryl methyl sites for hydroxylation is 1. The summed E-state index contributed by atoms with van der Waals surface area (Å²) in [5, 5.41) is 0.686. The lowest BCUT2D eigenvalue weighted by atomic mass is 9.97. The maximum atomic E-state index is 12.7. The molecule has 2 unspecified atom stereocenters. The Labute approximate surface area is 150 Å². The molecule has 3 rings (SSSR count). The van der Waals surface area contributed by atoms with Crippen molar-refractivity contribution in [3.63, 3.8) is 0 Å². The number of ether oxygens (including phenoxy) is 1. The van der Waals surface area contributed by atoms with Crippen molar-refractivity contribution in [2.45, 2.75) is 44.3 Å². The van der Waals surface area contributed by atoms with Crippen LogP contribution in [0.1, 0.15) is 37.9 Å². The van der Waals surface area contributed by atoms with Gasteiger partial charge in [0.05, 0.1) is 18.6 Å². The molecule has 7 nitrogen and oxygen atoms in total. The SMILES string of the molecule is CCOC(=O)C1CCCN(C(=O)CC2CSc3nc(C)cc(=O)n32)C1. The van der Waals surface area contributed by atoms with Crippen molar-refractivity contribution in [1.82, 2.24) is 14.5 Å². The van der Waals surface area contributed by atoms with E-state index < -0.39 is 0 Å². The fourth-order valence-electron chi connectivity index (χ4n) is 3.40. The Morgan fingerprint density at radius 3 is 3.00 bits per heavy atom. The average molecular weight is 365 g/mol. The van der Waals surface area contributed by atoms with E-state index in [1.165, 1.54) is 17.8 Å². The van der Waals surface area contributed by atoms with Gasteiger partial charge in [0.2, 0.25) is 5.91 Å². The molecule has 2 atom stereocenters. The highest BCUT2D eigenvalue weighted by atomic mass is 32.2. The molecule has 1 amide bonds. The van der Waals surface area contributed by atoms with E-state index >= 15 is 0 Å². The summed E-state index contributed by atoms with van der Waals surface area (Å²) in [6.07, 6.45) is 1.82. The van der Waals surface area contributed by atoms with E-state index in [9.17, 15) is 14.4 Å². The number of thioether (sulfide) groups is 1. The zero-order valence-electron chi connectivity index (χ0n) is 14.6. The van der Waals surface area contributed by atoms with Crippen molar-refractivity contribution in [3.8, 4) is 0 Å². The Hall–Kier alpha value is -1.83. The molecule has 1 aromatic heterocycles. The van der Waals surface area contributed by atoms with Crippen LogP contribution in [0.3, 0.4) is 0 Å². The van der Waals surface area contributed by atoms with E-state index in [2.05, 4.69) is 4.98 Å². The second-order valence-electron chi connectivity index (χ2n) is 6.49. The third-order valence-corrected chi connectivity index (χ3v) is 5.72. The van der Waals surface area contributed by atoms with Gasteiger partial charge in [-0.2, -0.15) is 0 Å². The predicted octanol–water partition coefficient (Wildman–Crippen LogP) is 1.39. The summed E-state index contributed by atoms with van der Waals surface area (Å²) in [5.74, 6) is 0.194.